The van der Waals surface area contributed by atoms with E-state index in [0.29, 0.717) is 42.5 Å². The third-order valence-corrected chi connectivity index (χ3v) is 7.16. The highest BCUT2D eigenvalue weighted by Gasteiger charge is 2.29. The quantitative estimate of drug-likeness (QED) is 0.251. The maximum Gasteiger partial charge on any atom is 0.278 e. The van der Waals surface area contributed by atoms with Crippen molar-refractivity contribution in [3.63, 3.8) is 0 Å². The highest BCUT2D eigenvalue weighted by molar-refractivity contribution is 7.91. The van der Waals surface area contributed by atoms with Crippen molar-refractivity contribution < 1.29 is 17.7 Å². The van der Waals surface area contributed by atoms with Crippen molar-refractivity contribution in [2.75, 3.05) is 18.9 Å². The standard InChI is InChI=1S/C22H21ClN4O4S/c1-2-31-13-5-12-27-20(24)18(32(29,30)16-9-7-15(23)8-10-16)14-17-21(27)25-19-6-3-4-11-26(19)22(17)28/h3-4,6-11,14,24H,2,5,12-13H2,1H3/p+1. The van der Waals surface area contributed by atoms with E-state index in [2.05, 4.69) is 4.98 Å². The van der Waals surface area contributed by atoms with E-state index in [1.807, 2.05) is 6.92 Å². The number of nitrogens with zero attached hydrogens (tertiary/aromatic N) is 3. The largest absolute Gasteiger partial charge is 0.382 e. The van der Waals surface area contributed by atoms with Gasteiger partial charge in [0.1, 0.15) is 10.3 Å². The lowest BCUT2D eigenvalue weighted by Crippen LogP contribution is -2.42. The molecule has 0 aliphatic heterocycles. The number of rotatable bonds is 7. The van der Waals surface area contributed by atoms with Gasteiger partial charge in [-0.2, -0.15) is 0 Å². The third kappa shape index (κ3) is 3.94. The molecule has 0 amide bonds. The molecule has 0 bridgehead atoms. The van der Waals surface area contributed by atoms with Gasteiger partial charge in [0.25, 0.3) is 11.2 Å². The lowest BCUT2D eigenvalue weighted by Gasteiger charge is -2.13. The van der Waals surface area contributed by atoms with E-state index >= 15 is 0 Å². The maximum atomic E-state index is 13.4. The molecule has 0 atom stereocenters. The van der Waals surface area contributed by atoms with E-state index in [4.69, 9.17) is 22.1 Å². The number of halogens is 1. The van der Waals surface area contributed by atoms with Crippen LogP contribution in [-0.4, -0.2) is 31.0 Å². The fourth-order valence-corrected chi connectivity index (χ4v) is 5.06. The Morgan fingerprint density at radius 3 is 2.66 bits per heavy atom. The lowest BCUT2D eigenvalue weighted by molar-refractivity contribution is -0.661. The van der Waals surface area contributed by atoms with Crippen LogP contribution in [-0.2, 0) is 21.1 Å². The normalized spacial score (nSPS) is 11.9. The number of aryl methyl sites for hydroxylation is 1. The first-order valence-electron chi connectivity index (χ1n) is 10.1. The van der Waals surface area contributed by atoms with Crippen molar-refractivity contribution in [3.05, 3.63) is 70.1 Å². The summed E-state index contributed by atoms with van der Waals surface area (Å²) in [5.74, 6) is 0.0103. The number of ether oxygens (including phenoxy) is 1. The molecule has 3 aromatic heterocycles. The number of pyridine rings is 2. The molecule has 10 heteroatoms. The van der Waals surface area contributed by atoms with Crippen LogP contribution in [0.1, 0.15) is 13.3 Å². The molecule has 0 saturated heterocycles. The van der Waals surface area contributed by atoms with Gasteiger partial charge in [-0.25, -0.2) is 13.0 Å². The first kappa shape index (κ1) is 22.2. The van der Waals surface area contributed by atoms with E-state index in [-0.39, 0.29) is 26.6 Å². The van der Waals surface area contributed by atoms with Crippen molar-refractivity contribution in [1.29, 1.82) is 0 Å². The van der Waals surface area contributed by atoms with Gasteiger partial charge in [0, 0.05) is 30.9 Å². The number of fused-ring (bicyclic) bond motifs is 2. The summed E-state index contributed by atoms with van der Waals surface area (Å²) in [6.07, 6.45) is 2.16. The van der Waals surface area contributed by atoms with Crippen LogP contribution in [0.25, 0.3) is 16.7 Å². The summed E-state index contributed by atoms with van der Waals surface area (Å²) in [4.78, 5) is 17.7. The minimum absolute atomic E-state index is 0.0103. The molecule has 4 rings (SSSR count). The Kier molecular flexibility index (Phi) is 6.14. The monoisotopic (exact) mass is 473 g/mol. The van der Waals surface area contributed by atoms with E-state index in [9.17, 15) is 13.2 Å². The Morgan fingerprint density at radius 1 is 1.19 bits per heavy atom. The lowest BCUT2D eigenvalue weighted by atomic mass is 10.3. The fourth-order valence-electron chi connectivity index (χ4n) is 3.53. The van der Waals surface area contributed by atoms with Crippen LogP contribution < -0.4 is 15.9 Å². The van der Waals surface area contributed by atoms with Crippen molar-refractivity contribution >= 4 is 43.9 Å². The minimum Gasteiger partial charge on any atom is -0.382 e. The number of aromatic nitrogens is 3. The van der Waals surface area contributed by atoms with Crippen molar-refractivity contribution in [1.82, 2.24) is 9.38 Å². The number of sulfone groups is 1. The summed E-state index contributed by atoms with van der Waals surface area (Å²) in [6.45, 7) is 3.26. The molecular weight excluding hydrogens is 452 g/mol. The highest BCUT2D eigenvalue weighted by atomic mass is 35.5. The Balaban J connectivity index is 2.00. The zero-order valence-corrected chi connectivity index (χ0v) is 18.9. The summed E-state index contributed by atoms with van der Waals surface area (Å²) in [7, 11) is -4.02. The van der Waals surface area contributed by atoms with Gasteiger partial charge in [-0.15, -0.1) is 0 Å². The number of hydrogen-bond donors (Lipinski definition) is 1. The fraction of sp³-hybridized carbons (Fsp3) is 0.227. The predicted octanol–water partition coefficient (Wildman–Crippen LogP) is 2.63. The molecule has 0 saturated carbocycles. The SMILES string of the molecule is CCOCCC[n+]1c(N)c(S(=O)(=O)c2ccc(Cl)cc2)cc2c(=O)n3ccccc3nc21. The molecule has 0 fully saturated rings. The second-order valence-corrected chi connectivity index (χ2v) is 9.49. The molecule has 166 valence electrons. The molecule has 0 unspecified atom stereocenters. The number of benzene rings is 1. The van der Waals surface area contributed by atoms with E-state index in [0.717, 1.165) is 0 Å². The van der Waals surface area contributed by atoms with Crippen LogP contribution in [0, 0.1) is 0 Å². The van der Waals surface area contributed by atoms with Crippen molar-refractivity contribution in [3.8, 4) is 0 Å². The number of hydrogen-bond acceptors (Lipinski definition) is 6. The summed E-state index contributed by atoms with van der Waals surface area (Å²) < 4.78 is 35.2. The molecule has 2 N–H and O–H groups in total. The number of nitrogens with two attached hydrogens (primary N) is 1. The Hall–Kier alpha value is -3.01. The molecule has 0 radical (unpaired) electrons. The predicted molar refractivity (Wildman–Crippen MR) is 122 cm³/mol. The topological polar surface area (TPSA) is 108 Å². The summed E-state index contributed by atoms with van der Waals surface area (Å²) in [6, 6.07) is 12.3. The van der Waals surface area contributed by atoms with Crippen molar-refractivity contribution in [2.45, 2.75) is 29.7 Å². The van der Waals surface area contributed by atoms with Gasteiger partial charge in [-0.05, 0) is 49.4 Å². The molecule has 3 heterocycles. The molecule has 4 aromatic rings. The van der Waals surface area contributed by atoms with Crippen LogP contribution in [0.4, 0.5) is 5.82 Å². The first-order chi connectivity index (χ1) is 15.3. The summed E-state index contributed by atoms with van der Waals surface area (Å²) >= 11 is 5.91. The third-order valence-electron chi connectivity index (χ3n) is 5.11. The Bertz CT molecular complexity index is 1470. The second kappa shape index (κ2) is 8.85. The molecule has 8 nitrogen and oxygen atoms in total. The zero-order chi connectivity index (χ0) is 22.9. The van der Waals surface area contributed by atoms with Gasteiger partial charge in [0.05, 0.1) is 11.4 Å². The second-order valence-electron chi connectivity index (χ2n) is 7.14. The average molecular weight is 474 g/mol. The van der Waals surface area contributed by atoms with Crippen LogP contribution in [0.5, 0.6) is 0 Å². The average Bonchev–Trinajstić information content (AvgIpc) is 2.78. The van der Waals surface area contributed by atoms with Gasteiger partial charge < -0.3 is 10.5 Å². The highest BCUT2D eigenvalue weighted by Crippen LogP contribution is 2.27. The van der Waals surface area contributed by atoms with Gasteiger partial charge in [-0.1, -0.05) is 22.7 Å². The van der Waals surface area contributed by atoms with E-state index in [1.165, 1.54) is 34.7 Å². The number of nitrogen functional groups attached to an aromatic ring is 1. The Labute approximate surface area is 189 Å². The summed E-state index contributed by atoms with van der Waals surface area (Å²) in [5.41, 5.74) is 6.77. The summed E-state index contributed by atoms with van der Waals surface area (Å²) in [5, 5.41) is 0.571. The molecule has 1 aromatic carbocycles. The van der Waals surface area contributed by atoms with Gasteiger partial charge in [-0.3, -0.25) is 9.20 Å². The molecule has 0 aliphatic rings. The van der Waals surface area contributed by atoms with E-state index < -0.39 is 9.84 Å². The van der Waals surface area contributed by atoms with Gasteiger partial charge in [0.2, 0.25) is 21.3 Å². The Morgan fingerprint density at radius 2 is 1.94 bits per heavy atom. The molecule has 0 aliphatic carbocycles. The number of anilines is 1. The van der Waals surface area contributed by atoms with Gasteiger partial charge in [0.15, 0.2) is 0 Å². The van der Waals surface area contributed by atoms with Crippen LogP contribution in [0.3, 0.4) is 0 Å². The molecule has 32 heavy (non-hydrogen) atoms. The van der Waals surface area contributed by atoms with Crippen LogP contribution in [0.15, 0.2) is 69.3 Å². The smallest absolute Gasteiger partial charge is 0.278 e. The van der Waals surface area contributed by atoms with Gasteiger partial charge >= 0.3 is 0 Å². The van der Waals surface area contributed by atoms with E-state index in [1.54, 1.807) is 29.0 Å². The maximum absolute atomic E-state index is 13.4. The zero-order valence-electron chi connectivity index (χ0n) is 17.4. The van der Waals surface area contributed by atoms with Crippen LogP contribution in [0.2, 0.25) is 5.02 Å². The van der Waals surface area contributed by atoms with Crippen LogP contribution >= 0.6 is 11.6 Å². The molecular formula is C22H22ClN4O4S+. The first-order valence-corrected chi connectivity index (χ1v) is 11.9. The van der Waals surface area contributed by atoms with Crippen molar-refractivity contribution in [2.24, 2.45) is 0 Å². The molecule has 0 spiro atoms. The minimum atomic E-state index is -4.02.